The van der Waals surface area contributed by atoms with Gasteiger partial charge in [0.1, 0.15) is 0 Å². The van der Waals surface area contributed by atoms with Gasteiger partial charge in [0, 0.05) is 6.42 Å². The molecule has 0 heterocycles. The molecule has 92 valence electrons. The predicted molar refractivity (Wildman–Crippen MR) is 61.9 cm³/mol. The van der Waals surface area contributed by atoms with E-state index in [0.717, 1.165) is 12.0 Å². The van der Waals surface area contributed by atoms with Crippen molar-refractivity contribution >= 4 is 5.97 Å². The van der Waals surface area contributed by atoms with Crippen molar-refractivity contribution in [2.24, 2.45) is 5.92 Å². The minimum absolute atomic E-state index is 0.107. The van der Waals surface area contributed by atoms with E-state index in [2.05, 4.69) is 0 Å². The van der Waals surface area contributed by atoms with Gasteiger partial charge in [0.2, 0.25) is 0 Å². The van der Waals surface area contributed by atoms with E-state index < -0.39 is 0 Å². The first-order valence-corrected chi connectivity index (χ1v) is 5.79. The molecule has 2 N–H and O–H groups in total. The molecule has 4 heteroatoms. The lowest BCUT2D eigenvalue weighted by Gasteiger charge is -2.03. The Morgan fingerprint density at radius 1 is 1.41 bits per heavy atom. The summed E-state index contributed by atoms with van der Waals surface area (Å²) in [5.74, 6) is 0.215. The molecule has 1 aromatic rings. The standard InChI is InChI=1S/C13H16O4/c1-2-17-13(16)7-9-5-10(9)8-3-4-11(14)12(15)6-8/h3-4,6,9-10,14-15H,2,5,7H2,1H3. The van der Waals surface area contributed by atoms with Gasteiger partial charge in [-0.3, -0.25) is 4.79 Å². The van der Waals surface area contributed by atoms with E-state index in [4.69, 9.17) is 4.74 Å². The van der Waals surface area contributed by atoms with Crippen LogP contribution >= 0.6 is 0 Å². The van der Waals surface area contributed by atoms with Gasteiger partial charge in [-0.05, 0) is 42.9 Å². The van der Waals surface area contributed by atoms with E-state index in [1.807, 2.05) is 0 Å². The first-order chi connectivity index (χ1) is 8.11. The van der Waals surface area contributed by atoms with Crippen LogP contribution < -0.4 is 0 Å². The fourth-order valence-corrected chi connectivity index (χ4v) is 2.09. The molecule has 2 atom stereocenters. The molecule has 1 aromatic carbocycles. The molecule has 1 fully saturated rings. The van der Waals surface area contributed by atoms with Crippen molar-refractivity contribution in [3.05, 3.63) is 23.8 Å². The van der Waals surface area contributed by atoms with Gasteiger partial charge in [0.05, 0.1) is 6.61 Å². The van der Waals surface area contributed by atoms with Gasteiger partial charge in [0.15, 0.2) is 11.5 Å². The maximum Gasteiger partial charge on any atom is 0.306 e. The fraction of sp³-hybridized carbons (Fsp3) is 0.462. The van der Waals surface area contributed by atoms with Crippen LogP contribution in [0.3, 0.4) is 0 Å². The van der Waals surface area contributed by atoms with E-state index in [-0.39, 0.29) is 17.5 Å². The highest BCUT2D eigenvalue weighted by molar-refractivity contribution is 5.70. The summed E-state index contributed by atoms with van der Waals surface area (Å²) >= 11 is 0. The first-order valence-electron chi connectivity index (χ1n) is 5.79. The van der Waals surface area contributed by atoms with Crippen molar-refractivity contribution in [2.45, 2.75) is 25.7 Å². The maximum absolute atomic E-state index is 11.3. The third kappa shape index (κ3) is 2.70. The monoisotopic (exact) mass is 236 g/mol. The average Bonchev–Trinajstić information content (AvgIpc) is 3.01. The number of carbonyl (C=O) groups excluding carboxylic acids is 1. The summed E-state index contributed by atoms with van der Waals surface area (Å²) < 4.78 is 4.89. The number of aromatic hydroxyl groups is 2. The molecule has 0 saturated heterocycles. The van der Waals surface area contributed by atoms with E-state index in [1.165, 1.54) is 6.07 Å². The lowest BCUT2D eigenvalue weighted by molar-refractivity contribution is -0.143. The summed E-state index contributed by atoms with van der Waals surface area (Å²) in [6, 6.07) is 4.82. The molecule has 0 spiro atoms. The molecule has 0 aliphatic heterocycles. The zero-order valence-corrected chi connectivity index (χ0v) is 9.72. The van der Waals surface area contributed by atoms with E-state index >= 15 is 0 Å². The number of carbonyl (C=O) groups is 1. The maximum atomic E-state index is 11.3. The topological polar surface area (TPSA) is 66.8 Å². The Labute approximate surface area is 99.8 Å². The summed E-state index contributed by atoms with van der Waals surface area (Å²) in [5.41, 5.74) is 0.967. The number of phenolic OH excluding ortho intramolecular Hbond substituents is 2. The van der Waals surface area contributed by atoms with Crippen molar-refractivity contribution in [3.8, 4) is 11.5 Å². The molecule has 1 aliphatic rings. The number of ether oxygens (including phenoxy) is 1. The molecule has 0 amide bonds. The second kappa shape index (κ2) is 4.65. The largest absolute Gasteiger partial charge is 0.504 e. The van der Waals surface area contributed by atoms with Gasteiger partial charge in [-0.1, -0.05) is 6.07 Å². The van der Waals surface area contributed by atoms with Gasteiger partial charge in [-0.25, -0.2) is 0 Å². The van der Waals surface area contributed by atoms with Crippen molar-refractivity contribution in [1.82, 2.24) is 0 Å². The van der Waals surface area contributed by atoms with Gasteiger partial charge < -0.3 is 14.9 Å². The van der Waals surface area contributed by atoms with Crippen molar-refractivity contribution < 1.29 is 19.7 Å². The fourth-order valence-electron chi connectivity index (χ4n) is 2.09. The molecular formula is C13H16O4. The Bertz CT molecular complexity index is 427. The Morgan fingerprint density at radius 2 is 2.18 bits per heavy atom. The third-order valence-electron chi connectivity index (χ3n) is 3.08. The summed E-state index contributed by atoms with van der Waals surface area (Å²) in [4.78, 5) is 11.3. The number of phenols is 2. The molecule has 17 heavy (non-hydrogen) atoms. The molecule has 2 rings (SSSR count). The summed E-state index contributed by atoms with van der Waals surface area (Å²) in [6.07, 6.45) is 1.36. The molecular weight excluding hydrogens is 220 g/mol. The van der Waals surface area contributed by atoms with Crippen LogP contribution in [0.5, 0.6) is 11.5 Å². The molecule has 1 saturated carbocycles. The van der Waals surface area contributed by atoms with Crippen LogP contribution in [0, 0.1) is 5.92 Å². The minimum Gasteiger partial charge on any atom is -0.504 e. The van der Waals surface area contributed by atoms with E-state index in [1.54, 1.807) is 19.1 Å². The summed E-state index contributed by atoms with van der Waals surface area (Å²) in [7, 11) is 0. The Balaban J connectivity index is 1.93. The van der Waals surface area contributed by atoms with Crippen LogP contribution in [0.25, 0.3) is 0 Å². The van der Waals surface area contributed by atoms with Crippen molar-refractivity contribution in [2.75, 3.05) is 6.61 Å². The van der Waals surface area contributed by atoms with Crippen LogP contribution in [0.4, 0.5) is 0 Å². The summed E-state index contributed by atoms with van der Waals surface area (Å²) in [6.45, 7) is 2.20. The number of esters is 1. The zero-order chi connectivity index (χ0) is 12.4. The second-order valence-corrected chi connectivity index (χ2v) is 4.36. The van der Waals surface area contributed by atoms with Gasteiger partial charge in [-0.15, -0.1) is 0 Å². The summed E-state index contributed by atoms with van der Waals surface area (Å²) in [5, 5.41) is 18.6. The predicted octanol–water partition coefficient (Wildman–Crippen LogP) is 2.15. The second-order valence-electron chi connectivity index (χ2n) is 4.36. The first kappa shape index (κ1) is 11.8. The number of hydrogen-bond acceptors (Lipinski definition) is 4. The Morgan fingerprint density at radius 3 is 2.82 bits per heavy atom. The number of benzene rings is 1. The lowest BCUT2D eigenvalue weighted by atomic mass is 10.1. The quantitative estimate of drug-likeness (QED) is 0.621. The minimum atomic E-state index is -0.164. The van der Waals surface area contributed by atoms with Crippen LogP contribution in [0.2, 0.25) is 0 Å². The van der Waals surface area contributed by atoms with Crippen LogP contribution in [-0.2, 0) is 9.53 Å². The Hall–Kier alpha value is -1.71. The van der Waals surface area contributed by atoms with E-state index in [9.17, 15) is 15.0 Å². The molecule has 1 aliphatic carbocycles. The normalized spacial score (nSPS) is 22.2. The van der Waals surface area contributed by atoms with Gasteiger partial charge in [0.25, 0.3) is 0 Å². The lowest BCUT2D eigenvalue weighted by Crippen LogP contribution is -2.04. The highest BCUT2D eigenvalue weighted by Gasteiger charge is 2.40. The number of rotatable bonds is 4. The van der Waals surface area contributed by atoms with E-state index in [0.29, 0.717) is 24.9 Å². The zero-order valence-electron chi connectivity index (χ0n) is 9.72. The molecule has 0 radical (unpaired) electrons. The molecule has 0 bridgehead atoms. The highest BCUT2D eigenvalue weighted by atomic mass is 16.5. The van der Waals surface area contributed by atoms with Crippen LogP contribution in [-0.4, -0.2) is 22.8 Å². The number of hydrogen-bond donors (Lipinski definition) is 2. The van der Waals surface area contributed by atoms with Crippen molar-refractivity contribution in [3.63, 3.8) is 0 Å². The SMILES string of the molecule is CCOC(=O)CC1CC1c1ccc(O)c(O)c1. The van der Waals surface area contributed by atoms with Gasteiger partial charge in [-0.2, -0.15) is 0 Å². The average molecular weight is 236 g/mol. The van der Waals surface area contributed by atoms with Crippen LogP contribution in [0.1, 0.15) is 31.2 Å². The molecule has 0 aromatic heterocycles. The van der Waals surface area contributed by atoms with Crippen LogP contribution in [0.15, 0.2) is 18.2 Å². The van der Waals surface area contributed by atoms with Crippen molar-refractivity contribution in [1.29, 1.82) is 0 Å². The smallest absolute Gasteiger partial charge is 0.306 e. The highest BCUT2D eigenvalue weighted by Crippen LogP contribution is 2.50. The molecule has 4 nitrogen and oxygen atoms in total. The third-order valence-corrected chi connectivity index (χ3v) is 3.08. The molecule has 2 unspecified atom stereocenters. The van der Waals surface area contributed by atoms with Gasteiger partial charge >= 0.3 is 5.97 Å². The Kier molecular flexibility index (Phi) is 3.22.